The SMILES string of the molecule is CCC(N)(CCC(N)c1noc(-c2cccc(Cl)c2)n1)c1noc(-c2cccc(Cl)c2)n1. The number of nitrogens with zero attached hydrogens (tertiary/aromatic N) is 4. The van der Waals surface area contributed by atoms with Crippen LogP contribution in [0.2, 0.25) is 10.0 Å². The molecule has 0 saturated carbocycles. The van der Waals surface area contributed by atoms with E-state index < -0.39 is 11.6 Å². The molecule has 10 heteroatoms. The quantitative estimate of drug-likeness (QED) is 0.360. The average Bonchev–Trinajstić information content (AvgIpc) is 3.48. The third kappa shape index (κ3) is 4.83. The minimum atomic E-state index is -0.822. The van der Waals surface area contributed by atoms with Gasteiger partial charge in [-0.2, -0.15) is 9.97 Å². The van der Waals surface area contributed by atoms with Crippen LogP contribution in [0.3, 0.4) is 0 Å². The standard InChI is InChI=1S/C22H22Cl2N6O2/c1-2-22(26,21-28-20(32-30-21)14-6-4-8-16(24)12-14)10-9-17(25)18-27-19(31-29-18)13-5-3-7-15(23)11-13/h3-8,11-12,17H,2,9-10,25-26H2,1H3. The van der Waals surface area contributed by atoms with E-state index in [2.05, 4.69) is 20.3 Å². The second kappa shape index (κ2) is 9.38. The van der Waals surface area contributed by atoms with Crippen molar-refractivity contribution in [1.29, 1.82) is 0 Å². The van der Waals surface area contributed by atoms with Crippen molar-refractivity contribution in [3.8, 4) is 22.9 Å². The van der Waals surface area contributed by atoms with E-state index in [9.17, 15) is 0 Å². The summed E-state index contributed by atoms with van der Waals surface area (Å²) in [4.78, 5) is 8.91. The highest BCUT2D eigenvalue weighted by Crippen LogP contribution is 2.31. The molecule has 2 atom stereocenters. The Bertz CT molecular complexity index is 1210. The zero-order chi connectivity index (χ0) is 22.7. The van der Waals surface area contributed by atoms with Gasteiger partial charge in [-0.05, 0) is 55.7 Å². The maximum absolute atomic E-state index is 6.63. The van der Waals surface area contributed by atoms with Crippen LogP contribution in [0.4, 0.5) is 0 Å². The lowest BCUT2D eigenvalue weighted by atomic mass is 9.89. The van der Waals surface area contributed by atoms with Crippen LogP contribution in [-0.4, -0.2) is 20.3 Å². The van der Waals surface area contributed by atoms with E-state index in [1.807, 2.05) is 31.2 Å². The Morgan fingerprint density at radius 2 is 1.53 bits per heavy atom. The molecule has 2 aromatic carbocycles. The highest BCUT2D eigenvalue weighted by Gasteiger charge is 2.32. The normalized spacial score (nSPS) is 14.3. The minimum absolute atomic E-state index is 0.358. The zero-order valence-corrected chi connectivity index (χ0v) is 18.8. The molecule has 0 aliphatic carbocycles. The van der Waals surface area contributed by atoms with Crippen LogP contribution < -0.4 is 11.5 Å². The van der Waals surface area contributed by atoms with Crippen LogP contribution >= 0.6 is 23.2 Å². The molecule has 0 aliphatic heterocycles. The molecule has 8 nitrogen and oxygen atoms in total. The molecule has 2 unspecified atom stereocenters. The molecule has 4 aromatic rings. The van der Waals surface area contributed by atoms with E-state index in [0.29, 0.717) is 52.7 Å². The van der Waals surface area contributed by atoms with Crippen LogP contribution in [0.25, 0.3) is 22.9 Å². The first-order valence-electron chi connectivity index (χ1n) is 10.1. The van der Waals surface area contributed by atoms with Crippen LogP contribution in [-0.2, 0) is 5.54 Å². The first-order chi connectivity index (χ1) is 15.4. The van der Waals surface area contributed by atoms with E-state index in [4.69, 9.17) is 43.7 Å². The molecular formula is C22H22Cl2N6O2. The van der Waals surface area contributed by atoms with Gasteiger partial charge in [0.1, 0.15) is 0 Å². The van der Waals surface area contributed by atoms with Gasteiger partial charge in [0.05, 0.1) is 11.6 Å². The fraction of sp³-hybridized carbons (Fsp3) is 0.273. The van der Waals surface area contributed by atoms with Gasteiger partial charge in [0.2, 0.25) is 0 Å². The molecule has 4 rings (SSSR count). The molecule has 0 saturated heterocycles. The number of hydrogen-bond donors (Lipinski definition) is 2. The van der Waals surface area contributed by atoms with E-state index in [1.54, 1.807) is 24.3 Å². The molecule has 0 radical (unpaired) electrons. The van der Waals surface area contributed by atoms with E-state index in [-0.39, 0.29) is 0 Å². The number of hydrogen-bond acceptors (Lipinski definition) is 8. The van der Waals surface area contributed by atoms with Gasteiger partial charge in [0, 0.05) is 21.2 Å². The summed E-state index contributed by atoms with van der Waals surface area (Å²) in [6.45, 7) is 1.96. The van der Waals surface area contributed by atoms with Crippen molar-refractivity contribution in [3.63, 3.8) is 0 Å². The Balaban J connectivity index is 1.46. The third-order valence-electron chi connectivity index (χ3n) is 5.32. The van der Waals surface area contributed by atoms with E-state index in [0.717, 1.165) is 11.1 Å². The lowest BCUT2D eigenvalue weighted by molar-refractivity contribution is 0.320. The molecule has 4 N–H and O–H groups in total. The predicted octanol–water partition coefficient (Wildman–Crippen LogP) is 5.14. The van der Waals surface area contributed by atoms with Gasteiger partial charge >= 0.3 is 0 Å². The van der Waals surface area contributed by atoms with Crippen LogP contribution in [0.15, 0.2) is 57.6 Å². The van der Waals surface area contributed by atoms with Crippen LogP contribution in [0.5, 0.6) is 0 Å². The molecular weight excluding hydrogens is 451 g/mol. The van der Waals surface area contributed by atoms with Gasteiger partial charge in [-0.25, -0.2) is 0 Å². The summed E-state index contributed by atoms with van der Waals surface area (Å²) in [6.07, 6.45) is 1.59. The average molecular weight is 473 g/mol. The van der Waals surface area contributed by atoms with Crippen molar-refractivity contribution >= 4 is 23.2 Å². The van der Waals surface area contributed by atoms with Crippen molar-refractivity contribution in [3.05, 3.63) is 70.2 Å². The number of rotatable bonds is 8. The van der Waals surface area contributed by atoms with Crippen LogP contribution in [0, 0.1) is 0 Å². The molecule has 166 valence electrons. The lowest BCUT2D eigenvalue weighted by Gasteiger charge is -2.25. The molecule has 0 amide bonds. The summed E-state index contributed by atoms with van der Waals surface area (Å²) in [7, 11) is 0. The summed E-state index contributed by atoms with van der Waals surface area (Å²) >= 11 is 12.1. The number of halogens is 2. The number of aromatic nitrogens is 4. The van der Waals surface area contributed by atoms with Crippen molar-refractivity contribution in [2.45, 2.75) is 37.8 Å². The smallest absolute Gasteiger partial charge is 0.258 e. The fourth-order valence-electron chi connectivity index (χ4n) is 3.28. The molecule has 0 aliphatic rings. The maximum atomic E-state index is 6.63. The molecule has 0 bridgehead atoms. The van der Waals surface area contributed by atoms with Crippen molar-refractivity contribution in [1.82, 2.24) is 20.3 Å². The Morgan fingerprint density at radius 1 is 0.938 bits per heavy atom. The summed E-state index contributed by atoms with van der Waals surface area (Å²) in [5.41, 5.74) is 13.6. The first kappa shape index (κ1) is 22.4. The zero-order valence-electron chi connectivity index (χ0n) is 17.3. The third-order valence-corrected chi connectivity index (χ3v) is 5.79. The Labute approximate surface area is 194 Å². The topological polar surface area (TPSA) is 130 Å². The van der Waals surface area contributed by atoms with Crippen molar-refractivity contribution < 1.29 is 9.05 Å². The molecule has 0 fully saturated rings. The van der Waals surface area contributed by atoms with Gasteiger partial charge in [-0.1, -0.05) is 52.6 Å². The number of nitrogens with two attached hydrogens (primary N) is 2. The van der Waals surface area contributed by atoms with Crippen LogP contribution in [0.1, 0.15) is 43.9 Å². The Morgan fingerprint density at radius 3 is 2.12 bits per heavy atom. The first-order valence-corrected chi connectivity index (χ1v) is 10.9. The highest BCUT2D eigenvalue weighted by molar-refractivity contribution is 6.31. The Kier molecular flexibility index (Phi) is 6.57. The molecule has 32 heavy (non-hydrogen) atoms. The summed E-state index contributed by atoms with van der Waals surface area (Å²) in [6, 6.07) is 13.9. The van der Waals surface area contributed by atoms with Crippen molar-refractivity contribution in [2.24, 2.45) is 11.5 Å². The maximum Gasteiger partial charge on any atom is 0.258 e. The monoisotopic (exact) mass is 472 g/mol. The predicted molar refractivity (Wildman–Crippen MR) is 122 cm³/mol. The minimum Gasteiger partial charge on any atom is -0.334 e. The number of benzene rings is 2. The van der Waals surface area contributed by atoms with Gasteiger partial charge < -0.3 is 20.5 Å². The summed E-state index contributed by atoms with van der Waals surface area (Å²) < 4.78 is 10.8. The second-order valence-corrected chi connectivity index (χ2v) is 8.43. The fourth-order valence-corrected chi connectivity index (χ4v) is 3.66. The highest BCUT2D eigenvalue weighted by atomic mass is 35.5. The van der Waals surface area contributed by atoms with Gasteiger partial charge in [0.15, 0.2) is 11.6 Å². The van der Waals surface area contributed by atoms with Gasteiger partial charge in [-0.3, -0.25) is 0 Å². The largest absolute Gasteiger partial charge is 0.334 e. The van der Waals surface area contributed by atoms with Gasteiger partial charge in [0.25, 0.3) is 11.8 Å². The Hall–Kier alpha value is -2.78. The van der Waals surface area contributed by atoms with Crippen molar-refractivity contribution in [2.75, 3.05) is 0 Å². The second-order valence-electron chi connectivity index (χ2n) is 7.56. The van der Waals surface area contributed by atoms with E-state index >= 15 is 0 Å². The molecule has 0 spiro atoms. The lowest BCUT2D eigenvalue weighted by Crippen LogP contribution is -2.38. The molecule has 2 heterocycles. The van der Waals surface area contributed by atoms with Gasteiger partial charge in [-0.15, -0.1) is 0 Å². The van der Waals surface area contributed by atoms with E-state index in [1.165, 1.54) is 0 Å². The summed E-state index contributed by atoms with van der Waals surface area (Å²) in [5.74, 6) is 1.53. The summed E-state index contributed by atoms with van der Waals surface area (Å²) in [5, 5.41) is 9.29. The molecule has 2 aromatic heterocycles.